The second kappa shape index (κ2) is 6.92. The topological polar surface area (TPSA) is 12.0 Å². The van der Waals surface area contributed by atoms with Gasteiger partial charge in [0.1, 0.15) is 0 Å². The molecule has 3 rings (SSSR count). The molecule has 2 aromatic carbocycles. The molecule has 0 aliphatic heterocycles. The summed E-state index contributed by atoms with van der Waals surface area (Å²) < 4.78 is 0. The molecule has 0 spiro atoms. The van der Waals surface area contributed by atoms with Crippen molar-refractivity contribution in [2.75, 3.05) is 5.32 Å². The Hall–Kier alpha value is -2.28. The summed E-state index contributed by atoms with van der Waals surface area (Å²) in [5.74, 6) is 0.403. The molecule has 0 aromatic heterocycles. The van der Waals surface area contributed by atoms with Crippen LogP contribution in [0.25, 0.3) is 0 Å². The van der Waals surface area contributed by atoms with Gasteiger partial charge >= 0.3 is 0 Å². The van der Waals surface area contributed by atoms with Gasteiger partial charge in [0.2, 0.25) is 0 Å². The Morgan fingerprint density at radius 2 is 1.56 bits per heavy atom. The molecule has 25 heavy (non-hydrogen) atoms. The van der Waals surface area contributed by atoms with Crippen molar-refractivity contribution in [1.82, 2.24) is 0 Å². The number of hydrogen-bond donors (Lipinski definition) is 1. The smallest absolute Gasteiger partial charge is 0.0488 e. The second-order valence-electron chi connectivity index (χ2n) is 7.47. The molecule has 1 heteroatoms. The van der Waals surface area contributed by atoms with Crippen LogP contribution in [0.3, 0.4) is 0 Å². The van der Waals surface area contributed by atoms with Gasteiger partial charge in [0, 0.05) is 17.6 Å². The fraction of sp³-hybridized carbons (Fsp3) is 0.333. The van der Waals surface area contributed by atoms with Gasteiger partial charge in [-0.15, -0.1) is 0 Å². The number of allylic oxidation sites excluding steroid dienone is 4. The minimum Gasteiger partial charge on any atom is -0.378 e. The zero-order valence-electron chi connectivity index (χ0n) is 16.3. The number of rotatable bonds is 4. The highest BCUT2D eigenvalue weighted by molar-refractivity contribution is 5.60. The molecule has 2 atom stereocenters. The Morgan fingerprint density at radius 3 is 2.16 bits per heavy atom. The van der Waals surface area contributed by atoms with Crippen LogP contribution in [0, 0.1) is 20.8 Å². The first-order valence-electron chi connectivity index (χ1n) is 9.17. The van der Waals surface area contributed by atoms with Crippen molar-refractivity contribution < 1.29 is 0 Å². The van der Waals surface area contributed by atoms with Gasteiger partial charge in [-0.25, -0.2) is 0 Å². The summed E-state index contributed by atoms with van der Waals surface area (Å²) in [7, 11) is 0. The van der Waals surface area contributed by atoms with E-state index in [0.717, 1.165) is 0 Å². The summed E-state index contributed by atoms with van der Waals surface area (Å²) in [6.45, 7) is 13.3. The molecular formula is C24H29N. The predicted molar refractivity (Wildman–Crippen MR) is 109 cm³/mol. The molecule has 0 saturated carbocycles. The molecule has 0 saturated heterocycles. The molecule has 1 nitrogen and oxygen atoms in total. The Kier molecular flexibility index (Phi) is 4.85. The third-order valence-electron chi connectivity index (χ3n) is 5.46. The first-order chi connectivity index (χ1) is 11.9. The molecular weight excluding hydrogens is 302 g/mol. The number of anilines is 1. The molecule has 0 bridgehead atoms. The van der Waals surface area contributed by atoms with Crippen LogP contribution >= 0.6 is 0 Å². The molecule has 0 amide bonds. The highest BCUT2D eigenvalue weighted by Gasteiger charge is 2.21. The molecule has 0 fully saturated rings. The number of benzene rings is 2. The van der Waals surface area contributed by atoms with Crippen molar-refractivity contribution in [1.29, 1.82) is 0 Å². The normalized spacial score (nSPS) is 17.9. The van der Waals surface area contributed by atoms with Gasteiger partial charge in [-0.3, -0.25) is 0 Å². The van der Waals surface area contributed by atoms with E-state index in [1.807, 2.05) is 0 Å². The lowest BCUT2D eigenvalue weighted by atomic mass is 9.87. The first kappa shape index (κ1) is 17.5. The van der Waals surface area contributed by atoms with E-state index in [1.165, 1.54) is 44.7 Å². The Labute approximate surface area is 152 Å². The van der Waals surface area contributed by atoms with Crippen molar-refractivity contribution in [2.24, 2.45) is 0 Å². The summed E-state index contributed by atoms with van der Waals surface area (Å²) >= 11 is 0. The van der Waals surface area contributed by atoms with Crippen molar-refractivity contribution in [3.8, 4) is 0 Å². The molecule has 130 valence electrons. The average Bonchev–Trinajstić information content (AvgIpc) is 2.90. The fourth-order valence-corrected chi connectivity index (χ4v) is 3.99. The summed E-state index contributed by atoms with van der Waals surface area (Å²) in [6, 6.07) is 13.6. The number of aryl methyl sites for hydroxylation is 3. The lowest BCUT2D eigenvalue weighted by molar-refractivity contribution is 0.842. The third kappa shape index (κ3) is 3.42. The quantitative estimate of drug-likeness (QED) is 0.651. The van der Waals surface area contributed by atoms with Crippen LogP contribution in [0.2, 0.25) is 0 Å². The molecule has 0 radical (unpaired) electrons. The van der Waals surface area contributed by atoms with Crippen molar-refractivity contribution in [3.05, 3.63) is 87.5 Å². The maximum Gasteiger partial charge on any atom is 0.0488 e. The van der Waals surface area contributed by atoms with Gasteiger partial charge in [0.05, 0.1) is 0 Å². The summed E-state index contributed by atoms with van der Waals surface area (Å²) in [4.78, 5) is 0. The molecule has 2 aromatic rings. The van der Waals surface area contributed by atoms with Gasteiger partial charge < -0.3 is 5.32 Å². The Balaban J connectivity index is 1.95. The molecule has 2 unspecified atom stereocenters. The van der Waals surface area contributed by atoms with Crippen LogP contribution in [0.15, 0.2) is 59.7 Å². The Morgan fingerprint density at radius 1 is 0.920 bits per heavy atom. The largest absolute Gasteiger partial charge is 0.378 e. The van der Waals surface area contributed by atoms with E-state index in [-0.39, 0.29) is 6.04 Å². The van der Waals surface area contributed by atoms with E-state index >= 15 is 0 Å². The van der Waals surface area contributed by atoms with Crippen LogP contribution < -0.4 is 5.32 Å². The summed E-state index contributed by atoms with van der Waals surface area (Å²) in [6.07, 6.45) is 4.59. The van der Waals surface area contributed by atoms with E-state index in [9.17, 15) is 0 Å². The SMILES string of the molecule is CC1=C(C)C(c2ccccc2C(C)Nc2c(C)cc(C)cc2C)C=C1. The first-order valence-corrected chi connectivity index (χ1v) is 9.17. The van der Waals surface area contributed by atoms with Gasteiger partial charge in [-0.1, -0.05) is 65.3 Å². The highest BCUT2D eigenvalue weighted by atomic mass is 14.9. The van der Waals surface area contributed by atoms with E-state index in [2.05, 4.69) is 95.4 Å². The summed E-state index contributed by atoms with van der Waals surface area (Å²) in [5.41, 5.74) is 10.9. The zero-order chi connectivity index (χ0) is 18.1. The van der Waals surface area contributed by atoms with Crippen LogP contribution in [0.4, 0.5) is 5.69 Å². The molecule has 1 aliphatic carbocycles. The van der Waals surface area contributed by atoms with Crippen molar-refractivity contribution in [3.63, 3.8) is 0 Å². The van der Waals surface area contributed by atoms with Crippen LogP contribution in [-0.2, 0) is 0 Å². The molecule has 1 N–H and O–H groups in total. The van der Waals surface area contributed by atoms with Crippen molar-refractivity contribution in [2.45, 2.75) is 53.5 Å². The third-order valence-corrected chi connectivity index (χ3v) is 5.46. The second-order valence-corrected chi connectivity index (χ2v) is 7.47. The minimum atomic E-state index is 0.262. The lowest BCUT2D eigenvalue weighted by Gasteiger charge is -2.24. The van der Waals surface area contributed by atoms with Gasteiger partial charge in [-0.2, -0.15) is 0 Å². The van der Waals surface area contributed by atoms with Crippen LogP contribution in [-0.4, -0.2) is 0 Å². The van der Waals surface area contributed by atoms with Gasteiger partial charge in [-0.05, 0) is 63.8 Å². The van der Waals surface area contributed by atoms with E-state index in [4.69, 9.17) is 0 Å². The van der Waals surface area contributed by atoms with Crippen LogP contribution in [0.5, 0.6) is 0 Å². The number of nitrogens with one attached hydrogen (secondary N) is 1. The predicted octanol–water partition coefficient (Wildman–Crippen LogP) is 6.77. The summed E-state index contributed by atoms with van der Waals surface area (Å²) in [5, 5.41) is 3.77. The van der Waals surface area contributed by atoms with E-state index in [1.54, 1.807) is 0 Å². The average molecular weight is 332 g/mol. The molecule has 1 aliphatic rings. The molecule has 0 heterocycles. The van der Waals surface area contributed by atoms with Gasteiger partial charge in [0.25, 0.3) is 0 Å². The van der Waals surface area contributed by atoms with E-state index in [0.29, 0.717) is 5.92 Å². The lowest BCUT2D eigenvalue weighted by Crippen LogP contribution is -2.12. The van der Waals surface area contributed by atoms with Gasteiger partial charge in [0.15, 0.2) is 0 Å². The number of hydrogen-bond acceptors (Lipinski definition) is 1. The standard InChI is InChI=1S/C24H29N/c1-15-13-17(3)24(18(4)14-15)25-20(6)22-9-7-8-10-23(22)21-12-11-16(2)19(21)5/h7-14,20-21,25H,1-6H3. The van der Waals surface area contributed by atoms with Crippen LogP contribution in [0.1, 0.15) is 60.5 Å². The monoisotopic (exact) mass is 331 g/mol. The fourth-order valence-electron chi connectivity index (χ4n) is 3.99. The maximum atomic E-state index is 3.77. The Bertz CT molecular complexity index is 831. The minimum absolute atomic E-state index is 0.262. The van der Waals surface area contributed by atoms with Crippen molar-refractivity contribution >= 4 is 5.69 Å². The highest BCUT2D eigenvalue weighted by Crippen LogP contribution is 2.38. The zero-order valence-corrected chi connectivity index (χ0v) is 16.3. The maximum absolute atomic E-state index is 3.77. The van der Waals surface area contributed by atoms with E-state index < -0.39 is 0 Å².